The number of benzene rings is 2. The first-order chi connectivity index (χ1) is 15.0. The van der Waals surface area contributed by atoms with Crippen LogP contribution in [0.4, 0.5) is 19.0 Å². The summed E-state index contributed by atoms with van der Waals surface area (Å²) in [7, 11) is 0. The van der Waals surface area contributed by atoms with Gasteiger partial charge in [0.15, 0.2) is 0 Å². The van der Waals surface area contributed by atoms with Crippen LogP contribution in [0.15, 0.2) is 67.1 Å². The molecule has 0 radical (unpaired) electrons. The molecule has 1 unspecified atom stereocenters. The maximum absolute atomic E-state index is 13.4. The van der Waals surface area contributed by atoms with Crippen molar-refractivity contribution in [3.05, 3.63) is 83.8 Å². The molecule has 0 aliphatic heterocycles. The molecule has 0 spiro atoms. The van der Waals surface area contributed by atoms with Gasteiger partial charge in [-0.1, -0.05) is 30.3 Å². The molecule has 4 nitrogen and oxygen atoms in total. The molecule has 4 aromatic rings. The highest BCUT2D eigenvalue weighted by molar-refractivity contribution is 5.92. The molecule has 1 N–H and O–H groups in total. The van der Waals surface area contributed by atoms with E-state index in [1.165, 1.54) is 29.7 Å². The smallest absolute Gasteiger partial charge is 0.366 e. The van der Waals surface area contributed by atoms with E-state index in [1.54, 1.807) is 18.2 Å². The van der Waals surface area contributed by atoms with Crippen molar-refractivity contribution in [1.82, 2.24) is 15.0 Å². The summed E-state index contributed by atoms with van der Waals surface area (Å²) >= 11 is 0. The van der Waals surface area contributed by atoms with Gasteiger partial charge < -0.3 is 5.32 Å². The molecule has 2 heterocycles. The maximum Gasteiger partial charge on any atom is 0.418 e. The molecule has 0 saturated heterocycles. The van der Waals surface area contributed by atoms with Gasteiger partial charge in [-0.2, -0.15) is 13.2 Å². The van der Waals surface area contributed by atoms with Gasteiger partial charge in [0.05, 0.1) is 16.8 Å². The van der Waals surface area contributed by atoms with Gasteiger partial charge >= 0.3 is 6.18 Å². The van der Waals surface area contributed by atoms with Crippen LogP contribution in [0.1, 0.15) is 23.1 Å². The standard InChI is InChI=1S/C24H19F3N4/c25-24(26,27)20-6-3-11-28-22(20)17-8-10-19-21(13-17)29-14-30-23(19)31-18-9-7-15-4-1-2-5-16(15)12-18/h1-6,8,10-11,13-14,18H,7,9,12H2,(H,29,30,31). The largest absolute Gasteiger partial charge is 0.418 e. The first-order valence-electron chi connectivity index (χ1n) is 10.1. The lowest BCUT2D eigenvalue weighted by Crippen LogP contribution is -2.27. The summed E-state index contributed by atoms with van der Waals surface area (Å²) in [4.78, 5) is 12.7. The Labute approximate surface area is 177 Å². The van der Waals surface area contributed by atoms with Gasteiger partial charge in [-0.25, -0.2) is 9.97 Å². The van der Waals surface area contributed by atoms with Crippen molar-refractivity contribution in [2.45, 2.75) is 31.5 Å². The topological polar surface area (TPSA) is 50.7 Å². The zero-order chi connectivity index (χ0) is 21.4. The summed E-state index contributed by atoms with van der Waals surface area (Å²) in [6, 6.07) is 16.0. The van der Waals surface area contributed by atoms with Crippen molar-refractivity contribution in [3.8, 4) is 11.3 Å². The van der Waals surface area contributed by atoms with Gasteiger partial charge in [0.25, 0.3) is 0 Å². The summed E-state index contributed by atoms with van der Waals surface area (Å²) in [5, 5.41) is 4.29. The molecule has 1 atom stereocenters. The van der Waals surface area contributed by atoms with Crippen LogP contribution in [0.5, 0.6) is 0 Å². The Balaban J connectivity index is 1.47. The van der Waals surface area contributed by atoms with Crippen molar-refractivity contribution in [1.29, 1.82) is 0 Å². The average Bonchev–Trinajstić information content (AvgIpc) is 2.78. The minimum atomic E-state index is -4.48. The van der Waals surface area contributed by atoms with Crippen LogP contribution in [-0.2, 0) is 19.0 Å². The third kappa shape index (κ3) is 3.83. The normalized spacial score (nSPS) is 16.2. The predicted molar refractivity (Wildman–Crippen MR) is 114 cm³/mol. The molecule has 2 aromatic heterocycles. The summed E-state index contributed by atoms with van der Waals surface area (Å²) in [5.41, 5.74) is 2.80. The summed E-state index contributed by atoms with van der Waals surface area (Å²) in [6.45, 7) is 0. The first-order valence-corrected chi connectivity index (χ1v) is 10.1. The van der Waals surface area contributed by atoms with E-state index in [0.29, 0.717) is 16.9 Å². The number of nitrogens with zero attached hydrogens (tertiary/aromatic N) is 3. The molecule has 156 valence electrons. The highest BCUT2D eigenvalue weighted by Crippen LogP contribution is 2.36. The minimum Gasteiger partial charge on any atom is -0.366 e. The summed E-state index contributed by atoms with van der Waals surface area (Å²) in [6.07, 6.45) is 1.22. The Morgan fingerprint density at radius 2 is 1.74 bits per heavy atom. The zero-order valence-electron chi connectivity index (χ0n) is 16.5. The van der Waals surface area contributed by atoms with Gasteiger partial charge in [0.1, 0.15) is 12.1 Å². The SMILES string of the molecule is FC(F)(F)c1cccnc1-c1ccc2c(NC3CCc4ccccc4C3)ncnc2c1. The van der Waals surface area contributed by atoms with E-state index in [2.05, 4.69) is 44.5 Å². The highest BCUT2D eigenvalue weighted by atomic mass is 19.4. The lowest BCUT2D eigenvalue weighted by atomic mass is 9.88. The fourth-order valence-electron chi connectivity index (χ4n) is 4.20. The molecule has 5 rings (SSSR count). The number of halogens is 3. The molecule has 0 bridgehead atoms. The van der Waals surface area contributed by atoms with Crippen LogP contribution < -0.4 is 5.32 Å². The molecule has 1 aliphatic carbocycles. The van der Waals surface area contributed by atoms with E-state index < -0.39 is 11.7 Å². The molecule has 31 heavy (non-hydrogen) atoms. The summed E-state index contributed by atoms with van der Waals surface area (Å²) in [5.74, 6) is 0.693. The zero-order valence-corrected chi connectivity index (χ0v) is 16.5. The third-order valence-electron chi connectivity index (χ3n) is 5.71. The lowest BCUT2D eigenvalue weighted by Gasteiger charge is -2.26. The number of aromatic nitrogens is 3. The third-order valence-corrected chi connectivity index (χ3v) is 5.71. The Morgan fingerprint density at radius 1 is 0.903 bits per heavy atom. The van der Waals surface area contributed by atoms with Crippen LogP contribution in [0.2, 0.25) is 0 Å². The molecule has 7 heteroatoms. The summed E-state index contributed by atoms with van der Waals surface area (Å²) < 4.78 is 40.2. The van der Waals surface area contributed by atoms with Crippen LogP contribution in [-0.4, -0.2) is 21.0 Å². The van der Waals surface area contributed by atoms with Gasteiger partial charge in [0.2, 0.25) is 0 Å². The number of pyridine rings is 1. The maximum atomic E-state index is 13.4. The number of aryl methyl sites for hydroxylation is 1. The number of hydrogen-bond acceptors (Lipinski definition) is 4. The predicted octanol–water partition coefficient (Wildman–Crippen LogP) is 5.68. The second-order valence-electron chi connectivity index (χ2n) is 7.70. The van der Waals surface area contributed by atoms with Crippen molar-refractivity contribution < 1.29 is 13.2 Å². The van der Waals surface area contributed by atoms with Gasteiger partial charge in [0, 0.05) is 23.2 Å². The average molecular weight is 420 g/mol. The molecule has 0 amide bonds. The van der Waals surface area contributed by atoms with Crippen LogP contribution in [0.25, 0.3) is 22.2 Å². The van der Waals surface area contributed by atoms with E-state index in [9.17, 15) is 13.2 Å². The molecule has 0 fully saturated rings. The number of hydrogen-bond donors (Lipinski definition) is 1. The number of alkyl halides is 3. The van der Waals surface area contributed by atoms with Crippen LogP contribution >= 0.6 is 0 Å². The van der Waals surface area contributed by atoms with Crippen molar-refractivity contribution in [2.24, 2.45) is 0 Å². The molecule has 0 saturated carbocycles. The Kier molecular flexibility index (Phi) is 4.81. The lowest BCUT2D eigenvalue weighted by molar-refractivity contribution is -0.137. The highest BCUT2D eigenvalue weighted by Gasteiger charge is 2.34. The molecular weight excluding hydrogens is 401 g/mol. The van der Waals surface area contributed by atoms with E-state index in [1.807, 2.05) is 0 Å². The first kappa shape index (κ1) is 19.5. The van der Waals surface area contributed by atoms with E-state index in [0.717, 1.165) is 30.7 Å². The van der Waals surface area contributed by atoms with E-state index in [-0.39, 0.29) is 11.7 Å². The van der Waals surface area contributed by atoms with Gasteiger partial charge in [-0.15, -0.1) is 0 Å². The van der Waals surface area contributed by atoms with E-state index >= 15 is 0 Å². The second-order valence-corrected chi connectivity index (χ2v) is 7.70. The number of nitrogens with one attached hydrogen (secondary N) is 1. The fourth-order valence-corrected chi connectivity index (χ4v) is 4.20. The van der Waals surface area contributed by atoms with Crippen LogP contribution in [0, 0.1) is 0 Å². The number of fused-ring (bicyclic) bond motifs is 2. The van der Waals surface area contributed by atoms with E-state index in [4.69, 9.17) is 0 Å². The monoisotopic (exact) mass is 420 g/mol. The second kappa shape index (κ2) is 7.65. The minimum absolute atomic E-state index is 0.103. The Morgan fingerprint density at radius 3 is 2.58 bits per heavy atom. The quantitative estimate of drug-likeness (QED) is 0.463. The van der Waals surface area contributed by atoms with Crippen molar-refractivity contribution in [2.75, 3.05) is 5.32 Å². The van der Waals surface area contributed by atoms with Crippen molar-refractivity contribution in [3.63, 3.8) is 0 Å². The molecular formula is C24H19F3N4. The van der Waals surface area contributed by atoms with Crippen molar-refractivity contribution >= 4 is 16.7 Å². The van der Waals surface area contributed by atoms with Gasteiger partial charge in [-0.05, 0) is 54.7 Å². The van der Waals surface area contributed by atoms with Crippen LogP contribution in [0.3, 0.4) is 0 Å². The Hall–Kier alpha value is -3.48. The number of rotatable bonds is 3. The number of anilines is 1. The van der Waals surface area contributed by atoms with Gasteiger partial charge in [-0.3, -0.25) is 4.98 Å². The Bertz CT molecular complexity index is 1250. The molecule has 2 aromatic carbocycles. The fraction of sp³-hybridized carbons (Fsp3) is 0.208. The molecule has 1 aliphatic rings.